The van der Waals surface area contributed by atoms with Crippen molar-refractivity contribution in [1.29, 1.82) is 0 Å². The summed E-state index contributed by atoms with van der Waals surface area (Å²) in [6.45, 7) is 4.33. The SMILES string of the molecule is CCOc1ccc(NC(=O)c2cccc(Br)c2C)cc1Cl. The lowest BCUT2D eigenvalue weighted by atomic mass is 10.1. The average Bonchev–Trinajstić information content (AvgIpc) is 2.45. The van der Waals surface area contributed by atoms with Crippen LogP contribution in [0, 0.1) is 6.92 Å². The van der Waals surface area contributed by atoms with Crippen LogP contribution in [0.15, 0.2) is 40.9 Å². The third-order valence-electron chi connectivity index (χ3n) is 3.00. The van der Waals surface area contributed by atoms with E-state index in [0.717, 1.165) is 10.0 Å². The van der Waals surface area contributed by atoms with Gasteiger partial charge < -0.3 is 10.1 Å². The van der Waals surface area contributed by atoms with E-state index in [4.69, 9.17) is 16.3 Å². The van der Waals surface area contributed by atoms with Gasteiger partial charge in [0, 0.05) is 15.7 Å². The van der Waals surface area contributed by atoms with Gasteiger partial charge in [0.05, 0.1) is 11.6 Å². The van der Waals surface area contributed by atoms with Crippen LogP contribution in [-0.2, 0) is 0 Å². The van der Waals surface area contributed by atoms with Crippen LogP contribution in [-0.4, -0.2) is 12.5 Å². The predicted molar refractivity (Wildman–Crippen MR) is 89.5 cm³/mol. The number of hydrogen-bond donors (Lipinski definition) is 1. The molecule has 0 radical (unpaired) electrons. The van der Waals surface area contributed by atoms with Crippen molar-refractivity contribution in [3.8, 4) is 5.75 Å². The van der Waals surface area contributed by atoms with E-state index in [0.29, 0.717) is 28.6 Å². The normalized spacial score (nSPS) is 10.3. The van der Waals surface area contributed by atoms with Gasteiger partial charge in [0.2, 0.25) is 0 Å². The van der Waals surface area contributed by atoms with Crippen LogP contribution in [0.1, 0.15) is 22.8 Å². The molecule has 5 heteroatoms. The number of amides is 1. The van der Waals surface area contributed by atoms with Crippen LogP contribution in [0.2, 0.25) is 5.02 Å². The molecule has 0 aliphatic carbocycles. The van der Waals surface area contributed by atoms with Crippen LogP contribution in [0.5, 0.6) is 5.75 Å². The van der Waals surface area contributed by atoms with Crippen LogP contribution in [0.4, 0.5) is 5.69 Å². The van der Waals surface area contributed by atoms with E-state index in [1.54, 1.807) is 24.3 Å². The van der Waals surface area contributed by atoms with Crippen molar-refractivity contribution in [3.05, 3.63) is 57.0 Å². The van der Waals surface area contributed by atoms with Crippen LogP contribution >= 0.6 is 27.5 Å². The fraction of sp³-hybridized carbons (Fsp3) is 0.188. The summed E-state index contributed by atoms with van der Waals surface area (Å²) in [6.07, 6.45) is 0. The summed E-state index contributed by atoms with van der Waals surface area (Å²) in [5, 5.41) is 3.31. The predicted octanol–water partition coefficient (Wildman–Crippen LogP) is 5.06. The molecule has 1 amide bonds. The smallest absolute Gasteiger partial charge is 0.255 e. The largest absolute Gasteiger partial charge is 0.492 e. The molecule has 0 spiro atoms. The third-order valence-corrected chi connectivity index (χ3v) is 4.16. The van der Waals surface area contributed by atoms with Gasteiger partial charge in [-0.25, -0.2) is 0 Å². The summed E-state index contributed by atoms with van der Waals surface area (Å²) in [4.78, 5) is 12.3. The van der Waals surface area contributed by atoms with Gasteiger partial charge in [0.1, 0.15) is 5.75 Å². The molecule has 21 heavy (non-hydrogen) atoms. The second-order valence-corrected chi connectivity index (χ2v) is 5.71. The van der Waals surface area contributed by atoms with Crippen molar-refractivity contribution in [2.75, 3.05) is 11.9 Å². The molecule has 0 unspecified atom stereocenters. The van der Waals surface area contributed by atoms with Crippen molar-refractivity contribution in [1.82, 2.24) is 0 Å². The number of carbonyl (C=O) groups excluding carboxylic acids is 1. The highest BCUT2D eigenvalue weighted by Gasteiger charge is 2.12. The lowest BCUT2D eigenvalue weighted by Gasteiger charge is -2.11. The Morgan fingerprint density at radius 1 is 1.33 bits per heavy atom. The first-order chi connectivity index (χ1) is 10.0. The number of ether oxygens (including phenoxy) is 1. The Morgan fingerprint density at radius 3 is 2.76 bits per heavy atom. The molecule has 0 saturated heterocycles. The molecule has 2 aromatic rings. The summed E-state index contributed by atoms with van der Waals surface area (Å²) in [6, 6.07) is 10.7. The quantitative estimate of drug-likeness (QED) is 0.819. The monoisotopic (exact) mass is 367 g/mol. The first-order valence-corrected chi connectivity index (χ1v) is 7.69. The molecule has 0 saturated carbocycles. The van der Waals surface area contributed by atoms with Crippen LogP contribution in [0.25, 0.3) is 0 Å². The van der Waals surface area contributed by atoms with Crippen LogP contribution in [0.3, 0.4) is 0 Å². The Hall–Kier alpha value is -1.52. The molecule has 1 N–H and O–H groups in total. The number of anilines is 1. The second kappa shape index (κ2) is 6.96. The molecule has 2 rings (SSSR count). The van der Waals surface area contributed by atoms with Crippen molar-refractivity contribution < 1.29 is 9.53 Å². The van der Waals surface area contributed by atoms with E-state index in [9.17, 15) is 4.79 Å². The first-order valence-electron chi connectivity index (χ1n) is 6.51. The number of hydrogen-bond acceptors (Lipinski definition) is 2. The van der Waals surface area contributed by atoms with Gasteiger partial charge in [-0.05, 0) is 49.7 Å². The Balaban J connectivity index is 2.20. The average molecular weight is 369 g/mol. The maximum absolute atomic E-state index is 12.3. The fourth-order valence-corrected chi connectivity index (χ4v) is 2.50. The number of halogens is 2. The third kappa shape index (κ3) is 3.77. The highest BCUT2D eigenvalue weighted by molar-refractivity contribution is 9.10. The second-order valence-electron chi connectivity index (χ2n) is 4.44. The molecule has 3 nitrogen and oxygen atoms in total. The molecule has 0 bridgehead atoms. The van der Waals surface area contributed by atoms with Crippen molar-refractivity contribution >= 4 is 39.1 Å². The zero-order valence-electron chi connectivity index (χ0n) is 11.7. The number of benzene rings is 2. The molecule has 0 aromatic heterocycles. The molecule has 0 aliphatic rings. The zero-order valence-corrected chi connectivity index (χ0v) is 14.1. The number of carbonyl (C=O) groups is 1. The highest BCUT2D eigenvalue weighted by atomic mass is 79.9. The summed E-state index contributed by atoms with van der Waals surface area (Å²) in [7, 11) is 0. The Bertz CT molecular complexity index is 673. The molecular weight excluding hydrogens is 354 g/mol. The van der Waals surface area contributed by atoms with Crippen LogP contribution < -0.4 is 10.1 Å². The van der Waals surface area contributed by atoms with Gasteiger partial charge in [-0.3, -0.25) is 4.79 Å². The molecule has 0 heterocycles. The van der Waals surface area contributed by atoms with Gasteiger partial charge >= 0.3 is 0 Å². The highest BCUT2D eigenvalue weighted by Crippen LogP contribution is 2.28. The van der Waals surface area contributed by atoms with E-state index >= 15 is 0 Å². The summed E-state index contributed by atoms with van der Waals surface area (Å²) < 4.78 is 6.27. The Labute approximate surface area is 137 Å². The maximum Gasteiger partial charge on any atom is 0.255 e. The summed E-state index contributed by atoms with van der Waals surface area (Å²) >= 11 is 9.53. The van der Waals surface area contributed by atoms with E-state index in [1.165, 1.54) is 0 Å². The van der Waals surface area contributed by atoms with Gasteiger partial charge in [-0.1, -0.05) is 33.6 Å². The molecular formula is C16H15BrClNO2. The maximum atomic E-state index is 12.3. The van der Waals surface area contributed by atoms with Gasteiger partial charge in [-0.2, -0.15) is 0 Å². The van der Waals surface area contributed by atoms with E-state index in [2.05, 4.69) is 21.2 Å². The number of nitrogens with one attached hydrogen (secondary N) is 1. The standard InChI is InChI=1S/C16H15BrClNO2/c1-3-21-15-8-7-11(9-14(15)18)19-16(20)12-5-4-6-13(17)10(12)2/h4-9H,3H2,1-2H3,(H,19,20). The van der Waals surface area contributed by atoms with Gasteiger partial charge in [-0.15, -0.1) is 0 Å². The van der Waals surface area contributed by atoms with Crippen molar-refractivity contribution in [3.63, 3.8) is 0 Å². The molecule has 0 aliphatic heterocycles. The summed E-state index contributed by atoms with van der Waals surface area (Å²) in [5.41, 5.74) is 2.15. The topological polar surface area (TPSA) is 38.3 Å². The number of rotatable bonds is 4. The molecule has 2 aromatic carbocycles. The Kier molecular flexibility index (Phi) is 5.26. The van der Waals surface area contributed by atoms with E-state index < -0.39 is 0 Å². The Morgan fingerprint density at radius 2 is 2.10 bits per heavy atom. The minimum absolute atomic E-state index is 0.172. The van der Waals surface area contributed by atoms with Crippen molar-refractivity contribution in [2.45, 2.75) is 13.8 Å². The van der Waals surface area contributed by atoms with Gasteiger partial charge in [0.15, 0.2) is 0 Å². The fourth-order valence-electron chi connectivity index (χ4n) is 1.90. The van der Waals surface area contributed by atoms with E-state index in [-0.39, 0.29) is 5.91 Å². The minimum Gasteiger partial charge on any atom is -0.492 e. The first kappa shape index (κ1) is 15.9. The lowest BCUT2D eigenvalue weighted by molar-refractivity contribution is 0.102. The molecule has 0 atom stereocenters. The van der Waals surface area contributed by atoms with Gasteiger partial charge in [0.25, 0.3) is 5.91 Å². The minimum atomic E-state index is -0.172. The van der Waals surface area contributed by atoms with E-state index in [1.807, 2.05) is 26.0 Å². The van der Waals surface area contributed by atoms with Crippen molar-refractivity contribution in [2.24, 2.45) is 0 Å². The zero-order chi connectivity index (χ0) is 15.4. The molecule has 0 fully saturated rings. The molecule has 110 valence electrons. The lowest BCUT2D eigenvalue weighted by Crippen LogP contribution is -2.13. The summed E-state index contributed by atoms with van der Waals surface area (Å²) in [5.74, 6) is 0.435.